The Kier molecular flexibility index (Phi) is 5.47. The molecule has 1 spiro atoms. The zero-order valence-electron chi connectivity index (χ0n) is 14.9. The SMILES string of the molecule is CCCCC1CN(C)C(=O)OC12CCN(C1CCNCC1)CC2. The quantitative estimate of drug-likeness (QED) is 0.863. The molecule has 0 saturated carbocycles. The van der Waals surface area contributed by atoms with Crippen molar-refractivity contribution in [3.8, 4) is 0 Å². The second kappa shape index (κ2) is 7.39. The summed E-state index contributed by atoms with van der Waals surface area (Å²) in [5.41, 5.74) is -0.192. The number of hydrogen-bond acceptors (Lipinski definition) is 4. The third-order valence-corrected chi connectivity index (χ3v) is 6.22. The lowest BCUT2D eigenvalue weighted by atomic mass is 9.75. The first-order valence-electron chi connectivity index (χ1n) is 9.53. The Morgan fingerprint density at radius 3 is 2.61 bits per heavy atom. The van der Waals surface area contributed by atoms with Gasteiger partial charge in [0.05, 0.1) is 0 Å². The molecule has 0 aromatic rings. The Morgan fingerprint density at radius 2 is 1.96 bits per heavy atom. The second-order valence-electron chi connectivity index (χ2n) is 7.67. The Labute approximate surface area is 140 Å². The molecule has 3 aliphatic heterocycles. The molecular weight excluding hydrogens is 290 g/mol. The smallest absolute Gasteiger partial charge is 0.410 e. The van der Waals surface area contributed by atoms with E-state index in [1.807, 2.05) is 7.05 Å². The summed E-state index contributed by atoms with van der Waals surface area (Å²) in [4.78, 5) is 16.6. The van der Waals surface area contributed by atoms with Crippen LogP contribution in [0.3, 0.4) is 0 Å². The molecule has 3 rings (SSSR count). The van der Waals surface area contributed by atoms with E-state index in [1.165, 1.54) is 32.1 Å². The van der Waals surface area contributed by atoms with E-state index in [0.717, 1.165) is 51.6 Å². The number of rotatable bonds is 4. The lowest BCUT2D eigenvalue weighted by Gasteiger charge is -2.51. The van der Waals surface area contributed by atoms with Gasteiger partial charge in [-0.1, -0.05) is 19.8 Å². The van der Waals surface area contributed by atoms with E-state index < -0.39 is 0 Å². The molecule has 3 saturated heterocycles. The highest BCUT2D eigenvalue weighted by molar-refractivity contribution is 5.68. The van der Waals surface area contributed by atoms with Crippen LogP contribution in [0.1, 0.15) is 51.9 Å². The first-order valence-corrected chi connectivity index (χ1v) is 9.53. The van der Waals surface area contributed by atoms with Gasteiger partial charge in [-0.25, -0.2) is 4.79 Å². The number of piperidine rings is 2. The number of carbonyl (C=O) groups excluding carboxylic acids is 1. The van der Waals surface area contributed by atoms with Gasteiger partial charge in [0.25, 0.3) is 0 Å². The average Bonchev–Trinajstić information content (AvgIpc) is 2.58. The first-order chi connectivity index (χ1) is 11.1. The number of amides is 1. The highest BCUT2D eigenvalue weighted by atomic mass is 16.6. The zero-order valence-corrected chi connectivity index (χ0v) is 14.9. The maximum atomic E-state index is 12.2. The third-order valence-electron chi connectivity index (χ3n) is 6.22. The summed E-state index contributed by atoms with van der Waals surface area (Å²) in [7, 11) is 1.87. The van der Waals surface area contributed by atoms with Gasteiger partial charge >= 0.3 is 6.09 Å². The molecule has 23 heavy (non-hydrogen) atoms. The van der Waals surface area contributed by atoms with Crippen molar-refractivity contribution < 1.29 is 9.53 Å². The fourth-order valence-corrected chi connectivity index (χ4v) is 4.66. The largest absolute Gasteiger partial charge is 0.442 e. The minimum atomic E-state index is -0.192. The lowest BCUT2D eigenvalue weighted by molar-refractivity contribution is -0.121. The van der Waals surface area contributed by atoms with Gasteiger partial charge in [-0.15, -0.1) is 0 Å². The van der Waals surface area contributed by atoms with Crippen molar-refractivity contribution in [1.29, 1.82) is 0 Å². The van der Waals surface area contributed by atoms with Crippen LogP contribution in [0.4, 0.5) is 4.79 Å². The standard InChI is InChI=1S/C18H33N3O2/c1-3-4-5-15-14-20(2)17(22)23-18(15)8-12-21(13-9-18)16-6-10-19-11-7-16/h15-16,19H,3-14H2,1-2H3. The summed E-state index contributed by atoms with van der Waals surface area (Å²) in [6.07, 6.45) is 8.07. The van der Waals surface area contributed by atoms with Crippen molar-refractivity contribution in [2.75, 3.05) is 39.8 Å². The average molecular weight is 323 g/mol. The van der Waals surface area contributed by atoms with Crippen LogP contribution in [-0.2, 0) is 4.74 Å². The van der Waals surface area contributed by atoms with Crippen molar-refractivity contribution in [2.24, 2.45) is 5.92 Å². The molecule has 5 nitrogen and oxygen atoms in total. The minimum Gasteiger partial charge on any atom is -0.442 e. The molecule has 1 atom stereocenters. The van der Waals surface area contributed by atoms with Gasteiger partial charge < -0.3 is 15.0 Å². The number of hydrogen-bond donors (Lipinski definition) is 1. The Balaban J connectivity index is 1.63. The molecule has 3 aliphatic rings. The predicted octanol–water partition coefficient (Wildman–Crippen LogP) is 2.46. The van der Waals surface area contributed by atoms with Crippen LogP contribution in [0.25, 0.3) is 0 Å². The molecule has 0 aromatic heterocycles. The summed E-state index contributed by atoms with van der Waals surface area (Å²) in [5.74, 6) is 0.500. The van der Waals surface area contributed by atoms with Gasteiger partial charge in [0.1, 0.15) is 5.60 Å². The molecule has 1 amide bonds. The minimum absolute atomic E-state index is 0.118. The zero-order chi connectivity index (χ0) is 16.3. The van der Waals surface area contributed by atoms with Crippen molar-refractivity contribution >= 4 is 6.09 Å². The summed E-state index contributed by atoms with van der Waals surface area (Å²) in [5, 5.41) is 3.45. The number of ether oxygens (including phenoxy) is 1. The van der Waals surface area contributed by atoms with E-state index in [1.54, 1.807) is 4.90 Å². The van der Waals surface area contributed by atoms with E-state index in [2.05, 4.69) is 17.1 Å². The molecule has 3 heterocycles. The number of nitrogens with zero attached hydrogens (tertiary/aromatic N) is 2. The van der Waals surface area contributed by atoms with Crippen LogP contribution in [0.15, 0.2) is 0 Å². The first kappa shape index (κ1) is 17.0. The van der Waals surface area contributed by atoms with E-state index in [9.17, 15) is 4.79 Å². The highest BCUT2D eigenvalue weighted by Crippen LogP contribution is 2.41. The third kappa shape index (κ3) is 3.66. The molecule has 1 N–H and O–H groups in total. The normalized spacial score (nSPS) is 29.7. The molecule has 0 radical (unpaired) electrons. The Hall–Kier alpha value is -0.810. The maximum Gasteiger partial charge on any atom is 0.410 e. The molecule has 1 unspecified atom stereocenters. The second-order valence-corrected chi connectivity index (χ2v) is 7.67. The molecule has 3 fully saturated rings. The van der Waals surface area contributed by atoms with Crippen molar-refractivity contribution in [1.82, 2.24) is 15.1 Å². The van der Waals surface area contributed by atoms with E-state index in [4.69, 9.17) is 4.74 Å². The summed E-state index contributed by atoms with van der Waals surface area (Å²) in [6.45, 7) is 7.57. The van der Waals surface area contributed by atoms with Crippen LogP contribution in [0, 0.1) is 5.92 Å². The summed E-state index contributed by atoms with van der Waals surface area (Å²) < 4.78 is 6.02. The van der Waals surface area contributed by atoms with E-state index >= 15 is 0 Å². The van der Waals surface area contributed by atoms with Crippen LogP contribution < -0.4 is 5.32 Å². The van der Waals surface area contributed by atoms with E-state index in [-0.39, 0.29) is 11.7 Å². The van der Waals surface area contributed by atoms with Gasteiger partial charge in [0, 0.05) is 51.5 Å². The molecule has 0 bridgehead atoms. The number of likely N-dealkylation sites (tertiary alicyclic amines) is 1. The topological polar surface area (TPSA) is 44.8 Å². The molecular formula is C18H33N3O2. The fraction of sp³-hybridized carbons (Fsp3) is 0.944. The lowest BCUT2D eigenvalue weighted by Crippen LogP contribution is -2.60. The van der Waals surface area contributed by atoms with Crippen LogP contribution in [0.2, 0.25) is 0 Å². The number of nitrogens with one attached hydrogen (secondary N) is 1. The van der Waals surface area contributed by atoms with Crippen LogP contribution >= 0.6 is 0 Å². The van der Waals surface area contributed by atoms with Crippen LogP contribution in [0.5, 0.6) is 0 Å². The van der Waals surface area contributed by atoms with Crippen LogP contribution in [-0.4, -0.2) is 67.3 Å². The number of unbranched alkanes of at least 4 members (excludes halogenated alkanes) is 1. The van der Waals surface area contributed by atoms with Gasteiger partial charge in [-0.05, 0) is 32.4 Å². The molecule has 132 valence electrons. The maximum absolute atomic E-state index is 12.2. The van der Waals surface area contributed by atoms with Crippen molar-refractivity contribution in [3.05, 3.63) is 0 Å². The molecule has 5 heteroatoms. The molecule has 0 aromatic carbocycles. The summed E-state index contributed by atoms with van der Waals surface area (Å²) in [6, 6.07) is 0.727. The highest BCUT2D eigenvalue weighted by Gasteiger charge is 2.49. The number of carbonyl (C=O) groups is 1. The Morgan fingerprint density at radius 1 is 1.26 bits per heavy atom. The molecule has 0 aliphatic carbocycles. The van der Waals surface area contributed by atoms with Crippen molar-refractivity contribution in [3.63, 3.8) is 0 Å². The fourth-order valence-electron chi connectivity index (χ4n) is 4.66. The van der Waals surface area contributed by atoms with Crippen molar-refractivity contribution in [2.45, 2.75) is 63.5 Å². The van der Waals surface area contributed by atoms with Gasteiger partial charge in [0.2, 0.25) is 0 Å². The van der Waals surface area contributed by atoms with Gasteiger partial charge in [0.15, 0.2) is 0 Å². The summed E-state index contributed by atoms with van der Waals surface area (Å²) >= 11 is 0. The van der Waals surface area contributed by atoms with Gasteiger partial charge in [-0.3, -0.25) is 4.90 Å². The Bertz CT molecular complexity index is 401. The monoisotopic (exact) mass is 323 g/mol. The van der Waals surface area contributed by atoms with E-state index in [0.29, 0.717) is 5.92 Å². The predicted molar refractivity (Wildman–Crippen MR) is 91.6 cm³/mol. The van der Waals surface area contributed by atoms with Gasteiger partial charge in [-0.2, -0.15) is 0 Å².